The molecule has 0 aliphatic carbocycles. The summed E-state index contributed by atoms with van der Waals surface area (Å²) in [6, 6.07) is 8.52. The van der Waals surface area contributed by atoms with Gasteiger partial charge < -0.3 is 10.3 Å². The maximum absolute atomic E-state index is 13.5. The van der Waals surface area contributed by atoms with Crippen molar-refractivity contribution in [2.45, 2.75) is 13.1 Å². The van der Waals surface area contributed by atoms with Gasteiger partial charge in [0.05, 0.1) is 6.54 Å². The third kappa shape index (κ3) is 2.26. The molecule has 2 N–H and O–H groups in total. The van der Waals surface area contributed by atoms with Crippen LogP contribution in [0.4, 0.5) is 4.39 Å². The Labute approximate surface area is 98.4 Å². The van der Waals surface area contributed by atoms with E-state index in [2.05, 4.69) is 0 Å². The number of hydrogen-bond acceptors (Lipinski definition) is 1. The first-order valence-corrected chi connectivity index (χ1v) is 5.36. The Balaban J connectivity index is 2.27. The highest BCUT2D eigenvalue weighted by Crippen LogP contribution is 2.16. The van der Waals surface area contributed by atoms with E-state index in [9.17, 15) is 4.39 Å². The van der Waals surface area contributed by atoms with Crippen LogP contribution < -0.4 is 5.73 Å². The van der Waals surface area contributed by atoms with Crippen molar-refractivity contribution in [1.82, 2.24) is 4.57 Å². The lowest BCUT2D eigenvalue weighted by atomic mass is 10.2. The summed E-state index contributed by atoms with van der Waals surface area (Å²) in [5.74, 6) is -0.288. The molecule has 2 nitrogen and oxygen atoms in total. The second kappa shape index (κ2) is 4.68. The molecule has 0 amide bonds. The van der Waals surface area contributed by atoms with Gasteiger partial charge in [0.15, 0.2) is 0 Å². The van der Waals surface area contributed by atoms with Crippen LogP contribution in [0, 0.1) is 5.82 Å². The quantitative estimate of drug-likeness (QED) is 0.876. The standard InChI is InChI=1S/C12H12ClFN2/c13-10-4-3-9(12(14)6-10)8-16-5-1-2-11(16)7-15/h1-6H,7-8,15H2. The Hall–Kier alpha value is -1.32. The molecule has 0 aliphatic rings. The number of halogens is 2. The van der Waals surface area contributed by atoms with Gasteiger partial charge in [-0.3, -0.25) is 0 Å². The average Bonchev–Trinajstić information content (AvgIpc) is 2.69. The number of rotatable bonds is 3. The molecule has 0 unspecified atom stereocenters. The first-order valence-electron chi connectivity index (χ1n) is 4.98. The second-order valence-corrected chi connectivity index (χ2v) is 4.00. The predicted octanol–water partition coefficient (Wildman–Crippen LogP) is 2.79. The van der Waals surface area contributed by atoms with Gasteiger partial charge in [0.2, 0.25) is 0 Å². The van der Waals surface area contributed by atoms with Crippen LogP contribution in [0.2, 0.25) is 5.02 Å². The zero-order chi connectivity index (χ0) is 11.5. The maximum atomic E-state index is 13.5. The zero-order valence-electron chi connectivity index (χ0n) is 8.66. The first kappa shape index (κ1) is 11.2. The van der Waals surface area contributed by atoms with Crippen LogP contribution in [0.3, 0.4) is 0 Å². The van der Waals surface area contributed by atoms with Gasteiger partial charge in [-0.2, -0.15) is 0 Å². The van der Waals surface area contributed by atoms with E-state index < -0.39 is 0 Å². The van der Waals surface area contributed by atoms with Gasteiger partial charge >= 0.3 is 0 Å². The average molecular weight is 239 g/mol. The molecule has 0 saturated carbocycles. The smallest absolute Gasteiger partial charge is 0.129 e. The molecule has 0 atom stereocenters. The summed E-state index contributed by atoms with van der Waals surface area (Å²) in [6.45, 7) is 0.921. The molecule has 0 radical (unpaired) electrons. The number of hydrogen-bond donors (Lipinski definition) is 1. The van der Waals surface area contributed by atoms with Crippen LogP contribution in [-0.2, 0) is 13.1 Å². The molecule has 0 spiro atoms. The number of aromatic nitrogens is 1. The van der Waals surface area contributed by atoms with Crippen LogP contribution in [-0.4, -0.2) is 4.57 Å². The minimum atomic E-state index is -0.288. The van der Waals surface area contributed by atoms with Gasteiger partial charge in [0.1, 0.15) is 5.82 Å². The summed E-state index contributed by atoms with van der Waals surface area (Å²) in [7, 11) is 0. The Morgan fingerprint density at radius 1 is 1.31 bits per heavy atom. The summed E-state index contributed by atoms with van der Waals surface area (Å²) >= 11 is 5.69. The van der Waals surface area contributed by atoms with Crippen LogP contribution >= 0.6 is 11.6 Å². The highest BCUT2D eigenvalue weighted by Gasteiger charge is 2.05. The van der Waals surface area contributed by atoms with Gasteiger partial charge in [-0.25, -0.2) is 4.39 Å². The molecule has 1 aromatic carbocycles. The van der Waals surface area contributed by atoms with E-state index >= 15 is 0 Å². The van der Waals surface area contributed by atoms with E-state index in [1.165, 1.54) is 6.07 Å². The summed E-state index contributed by atoms with van der Waals surface area (Å²) in [4.78, 5) is 0. The fourth-order valence-electron chi connectivity index (χ4n) is 1.62. The monoisotopic (exact) mass is 238 g/mol. The summed E-state index contributed by atoms with van der Waals surface area (Å²) in [5, 5.41) is 0.410. The third-order valence-electron chi connectivity index (χ3n) is 2.49. The van der Waals surface area contributed by atoms with Gasteiger partial charge in [0.25, 0.3) is 0 Å². The summed E-state index contributed by atoms with van der Waals surface area (Å²) < 4.78 is 15.5. The highest BCUT2D eigenvalue weighted by atomic mass is 35.5. The van der Waals surface area contributed by atoms with Gasteiger partial charge in [-0.05, 0) is 24.3 Å². The van der Waals surface area contributed by atoms with Crippen molar-refractivity contribution >= 4 is 11.6 Å². The van der Waals surface area contributed by atoms with Gasteiger partial charge in [-0.1, -0.05) is 17.7 Å². The molecule has 0 fully saturated rings. The third-order valence-corrected chi connectivity index (χ3v) is 2.72. The van der Waals surface area contributed by atoms with E-state index in [4.69, 9.17) is 17.3 Å². The Bertz CT molecular complexity index is 494. The second-order valence-electron chi connectivity index (χ2n) is 3.57. The molecule has 0 saturated heterocycles. The van der Waals surface area contributed by atoms with Crippen molar-refractivity contribution in [3.05, 3.63) is 58.6 Å². The molecule has 2 rings (SSSR count). The highest BCUT2D eigenvalue weighted by molar-refractivity contribution is 6.30. The van der Waals surface area contributed by atoms with E-state index in [1.807, 2.05) is 22.9 Å². The van der Waals surface area contributed by atoms with Crippen LogP contribution in [0.5, 0.6) is 0 Å². The Morgan fingerprint density at radius 2 is 2.12 bits per heavy atom. The van der Waals surface area contributed by atoms with E-state index in [0.29, 0.717) is 23.7 Å². The molecule has 1 aromatic heterocycles. The molecule has 16 heavy (non-hydrogen) atoms. The minimum Gasteiger partial charge on any atom is -0.346 e. The van der Waals surface area contributed by atoms with Crippen molar-refractivity contribution in [3.63, 3.8) is 0 Å². The van der Waals surface area contributed by atoms with Gasteiger partial charge in [0, 0.05) is 29.0 Å². The largest absolute Gasteiger partial charge is 0.346 e. The van der Waals surface area contributed by atoms with E-state index in [0.717, 1.165) is 5.69 Å². The molecule has 1 heterocycles. The van der Waals surface area contributed by atoms with Crippen LogP contribution in [0.15, 0.2) is 36.5 Å². The van der Waals surface area contributed by atoms with Crippen molar-refractivity contribution in [2.24, 2.45) is 5.73 Å². The maximum Gasteiger partial charge on any atom is 0.129 e. The lowest BCUT2D eigenvalue weighted by Gasteiger charge is -2.08. The topological polar surface area (TPSA) is 30.9 Å². The molecule has 4 heteroatoms. The van der Waals surface area contributed by atoms with Crippen molar-refractivity contribution in [1.29, 1.82) is 0 Å². The lowest BCUT2D eigenvalue weighted by Crippen LogP contribution is -2.08. The van der Waals surface area contributed by atoms with E-state index in [-0.39, 0.29) is 5.82 Å². The summed E-state index contributed by atoms with van der Waals surface area (Å²) in [5.41, 5.74) is 7.16. The van der Waals surface area contributed by atoms with E-state index in [1.54, 1.807) is 12.1 Å². The fourth-order valence-corrected chi connectivity index (χ4v) is 1.78. The van der Waals surface area contributed by atoms with Crippen molar-refractivity contribution < 1.29 is 4.39 Å². The Kier molecular flexibility index (Phi) is 3.27. The minimum absolute atomic E-state index is 0.288. The number of benzene rings is 1. The lowest BCUT2D eigenvalue weighted by molar-refractivity contribution is 0.596. The zero-order valence-corrected chi connectivity index (χ0v) is 9.41. The fraction of sp³-hybridized carbons (Fsp3) is 0.167. The molecular formula is C12H12ClFN2. The molecule has 84 valence electrons. The molecule has 0 bridgehead atoms. The van der Waals surface area contributed by atoms with Crippen LogP contribution in [0.1, 0.15) is 11.3 Å². The number of nitrogens with two attached hydrogens (primary N) is 1. The SMILES string of the molecule is NCc1cccn1Cc1ccc(Cl)cc1F. The molecule has 2 aromatic rings. The Morgan fingerprint density at radius 3 is 2.81 bits per heavy atom. The molecular weight excluding hydrogens is 227 g/mol. The molecule has 0 aliphatic heterocycles. The first-order chi connectivity index (χ1) is 7.70. The van der Waals surface area contributed by atoms with Crippen molar-refractivity contribution in [3.8, 4) is 0 Å². The van der Waals surface area contributed by atoms with Crippen molar-refractivity contribution in [2.75, 3.05) is 0 Å². The van der Waals surface area contributed by atoms with Gasteiger partial charge in [-0.15, -0.1) is 0 Å². The predicted molar refractivity (Wildman–Crippen MR) is 62.8 cm³/mol. The summed E-state index contributed by atoms with van der Waals surface area (Å²) in [6.07, 6.45) is 1.89. The number of nitrogens with zero attached hydrogens (tertiary/aromatic N) is 1. The normalized spacial score (nSPS) is 10.7. The van der Waals surface area contributed by atoms with Crippen LogP contribution in [0.25, 0.3) is 0 Å².